The van der Waals surface area contributed by atoms with Crippen molar-refractivity contribution in [2.45, 2.75) is 51.6 Å². The lowest BCUT2D eigenvalue weighted by atomic mass is 9.86. The van der Waals surface area contributed by atoms with Crippen molar-refractivity contribution in [2.75, 3.05) is 31.1 Å². The number of nitrogens with one attached hydrogen (secondary N) is 2. The quantitative estimate of drug-likeness (QED) is 0.831. The normalized spacial score (nSPS) is 26.8. The highest BCUT2D eigenvalue weighted by atomic mass is 16.2. The van der Waals surface area contributed by atoms with Crippen LogP contribution in [0.4, 0.5) is 5.95 Å². The van der Waals surface area contributed by atoms with Gasteiger partial charge in [0.15, 0.2) is 6.04 Å². The maximum absolute atomic E-state index is 12.6. The van der Waals surface area contributed by atoms with Gasteiger partial charge >= 0.3 is 0 Å². The maximum Gasteiger partial charge on any atom is 0.278 e. The van der Waals surface area contributed by atoms with E-state index in [9.17, 15) is 4.79 Å². The first-order valence-electron chi connectivity index (χ1n) is 9.32. The van der Waals surface area contributed by atoms with E-state index in [1.54, 1.807) is 12.4 Å². The average molecular weight is 332 g/mol. The Hall–Kier alpha value is -1.69. The molecule has 2 heterocycles. The van der Waals surface area contributed by atoms with Crippen molar-refractivity contribution >= 4 is 11.9 Å². The number of carbonyl (C=O) groups is 1. The molecule has 0 radical (unpaired) electrons. The molecule has 132 valence electrons. The van der Waals surface area contributed by atoms with Gasteiger partial charge in [-0.2, -0.15) is 0 Å². The molecule has 6 heteroatoms. The molecule has 0 aromatic carbocycles. The van der Waals surface area contributed by atoms with Crippen molar-refractivity contribution < 1.29 is 9.69 Å². The SMILES string of the molecule is C[C@H](C(=O)N[C@H]1CCCC[C@@H]1C)[NH+]1CCN(c2ncccn2)CC1. The van der Waals surface area contributed by atoms with Crippen LogP contribution >= 0.6 is 0 Å². The largest absolute Gasteiger partial charge is 0.348 e. The Morgan fingerprint density at radius 3 is 2.58 bits per heavy atom. The zero-order chi connectivity index (χ0) is 16.9. The summed E-state index contributed by atoms with van der Waals surface area (Å²) in [6.45, 7) is 8.03. The first-order valence-corrected chi connectivity index (χ1v) is 9.32. The predicted octanol–water partition coefficient (Wildman–Crippen LogP) is 0.265. The molecule has 1 aromatic heterocycles. The second-order valence-corrected chi connectivity index (χ2v) is 7.29. The number of quaternary nitrogens is 1. The summed E-state index contributed by atoms with van der Waals surface area (Å²) < 4.78 is 0. The average Bonchev–Trinajstić information content (AvgIpc) is 2.64. The van der Waals surface area contributed by atoms with E-state index in [4.69, 9.17) is 0 Å². The molecular formula is C18H30N5O+. The second kappa shape index (κ2) is 7.92. The Bertz CT molecular complexity index is 529. The third kappa shape index (κ3) is 4.04. The Morgan fingerprint density at radius 1 is 1.25 bits per heavy atom. The van der Waals surface area contributed by atoms with Crippen LogP contribution in [0, 0.1) is 5.92 Å². The molecule has 1 aliphatic heterocycles. The number of nitrogens with zero attached hydrogens (tertiary/aromatic N) is 3. The molecule has 0 bridgehead atoms. The third-order valence-electron chi connectivity index (χ3n) is 5.69. The van der Waals surface area contributed by atoms with Crippen molar-refractivity contribution in [1.82, 2.24) is 15.3 Å². The fraction of sp³-hybridized carbons (Fsp3) is 0.722. The molecule has 1 amide bonds. The summed E-state index contributed by atoms with van der Waals surface area (Å²) in [6, 6.07) is 2.22. The number of amides is 1. The molecule has 1 saturated carbocycles. The number of aromatic nitrogens is 2. The number of piperazine rings is 1. The molecule has 3 rings (SSSR count). The van der Waals surface area contributed by atoms with Crippen molar-refractivity contribution in [3.8, 4) is 0 Å². The number of anilines is 1. The maximum atomic E-state index is 12.6. The van der Waals surface area contributed by atoms with Gasteiger partial charge in [0.1, 0.15) is 0 Å². The Balaban J connectivity index is 1.49. The van der Waals surface area contributed by atoms with Crippen LogP contribution in [0.3, 0.4) is 0 Å². The van der Waals surface area contributed by atoms with E-state index < -0.39 is 0 Å². The van der Waals surface area contributed by atoms with Crippen molar-refractivity contribution in [2.24, 2.45) is 5.92 Å². The smallest absolute Gasteiger partial charge is 0.278 e. The molecule has 1 saturated heterocycles. The lowest BCUT2D eigenvalue weighted by molar-refractivity contribution is -0.914. The molecule has 3 atom stereocenters. The van der Waals surface area contributed by atoms with E-state index >= 15 is 0 Å². The monoisotopic (exact) mass is 332 g/mol. The zero-order valence-electron chi connectivity index (χ0n) is 14.9. The van der Waals surface area contributed by atoms with E-state index in [1.165, 1.54) is 24.2 Å². The molecule has 2 aliphatic rings. The minimum Gasteiger partial charge on any atom is -0.348 e. The Morgan fingerprint density at radius 2 is 1.92 bits per heavy atom. The van der Waals surface area contributed by atoms with Crippen molar-refractivity contribution in [3.05, 3.63) is 18.5 Å². The van der Waals surface area contributed by atoms with Crippen molar-refractivity contribution in [3.63, 3.8) is 0 Å². The highest BCUT2D eigenvalue weighted by Crippen LogP contribution is 2.23. The van der Waals surface area contributed by atoms with Gasteiger partial charge in [0.25, 0.3) is 5.91 Å². The van der Waals surface area contributed by atoms with Crippen LogP contribution < -0.4 is 15.1 Å². The summed E-state index contributed by atoms with van der Waals surface area (Å²) in [5, 5.41) is 3.31. The first kappa shape index (κ1) is 17.1. The number of hydrogen-bond donors (Lipinski definition) is 2. The van der Waals surface area contributed by atoms with Crippen LogP contribution in [0.1, 0.15) is 39.5 Å². The van der Waals surface area contributed by atoms with Gasteiger partial charge in [-0.05, 0) is 31.7 Å². The summed E-state index contributed by atoms with van der Waals surface area (Å²) in [5.41, 5.74) is 0. The van der Waals surface area contributed by atoms with Gasteiger partial charge in [-0.15, -0.1) is 0 Å². The molecule has 6 nitrogen and oxygen atoms in total. The molecular weight excluding hydrogens is 302 g/mol. The summed E-state index contributed by atoms with van der Waals surface area (Å²) in [7, 11) is 0. The van der Waals surface area contributed by atoms with Crippen LogP contribution in [0.15, 0.2) is 18.5 Å². The van der Waals surface area contributed by atoms with Gasteiger partial charge in [-0.3, -0.25) is 4.79 Å². The lowest BCUT2D eigenvalue weighted by Gasteiger charge is -2.36. The van der Waals surface area contributed by atoms with E-state index in [2.05, 4.69) is 34.0 Å². The van der Waals surface area contributed by atoms with Crippen LogP contribution in [0.2, 0.25) is 0 Å². The molecule has 0 spiro atoms. The standard InChI is InChI=1S/C18H29N5O/c1-14-6-3-4-7-16(14)21-17(24)15(2)22-10-12-23(13-11-22)18-19-8-5-9-20-18/h5,8-9,14-16H,3-4,6-7,10-13H2,1-2H3,(H,21,24)/p+1/t14-,15+,16-/m0/s1. The van der Waals surface area contributed by atoms with Gasteiger partial charge in [0.2, 0.25) is 5.95 Å². The van der Waals surface area contributed by atoms with E-state index in [0.717, 1.165) is 38.5 Å². The topological polar surface area (TPSA) is 62.6 Å². The van der Waals surface area contributed by atoms with Gasteiger partial charge in [-0.1, -0.05) is 19.8 Å². The minimum atomic E-state index is 0.0120. The van der Waals surface area contributed by atoms with Crippen molar-refractivity contribution in [1.29, 1.82) is 0 Å². The minimum absolute atomic E-state index is 0.0120. The second-order valence-electron chi connectivity index (χ2n) is 7.29. The van der Waals surface area contributed by atoms with Crippen LogP contribution in [-0.2, 0) is 4.79 Å². The number of carbonyl (C=O) groups excluding carboxylic acids is 1. The third-order valence-corrected chi connectivity index (χ3v) is 5.69. The molecule has 24 heavy (non-hydrogen) atoms. The molecule has 2 fully saturated rings. The number of hydrogen-bond acceptors (Lipinski definition) is 4. The van der Waals surface area contributed by atoms with Gasteiger partial charge < -0.3 is 15.1 Å². The molecule has 2 N–H and O–H groups in total. The van der Waals surface area contributed by atoms with Gasteiger partial charge in [0, 0.05) is 18.4 Å². The molecule has 0 unspecified atom stereocenters. The fourth-order valence-corrected chi connectivity index (χ4v) is 3.91. The van der Waals surface area contributed by atoms with Gasteiger partial charge in [0.05, 0.1) is 26.2 Å². The van der Waals surface area contributed by atoms with Crippen LogP contribution in [0.5, 0.6) is 0 Å². The summed E-state index contributed by atoms with van der Waals surface area (Å²) >= 11 is 0. The first-order chi connectivity index (χ1) is 11.6. The van der Waals surface area contributed by atoms with Crippen LogP contribution in [0.25, 0.3) is 0 Å². The molecule has 1 aromatic rings. The van der Waals surface area contributed by atoms with E-state index in [0.29, 0.717) is 12.0 Å². The van der Waals surface area contributed by atoms with Gasteiger partial charge in [-0.25, -0.2) is 9.97 Å². The molecule has 1 aliphatic carbocycles. The fourth-order valence-electron chi connectivity index (χ4n) is 3.91. The Kier molecular flexibility index (Phi) is 5.66. The summed E-state index contributed by atoms with van der Waals surface area (Å²) in [6.07, 6.45) is 8.48. The summed E-state index contributed by atoms with van der Waals surface area (Å²) in [4.78, 5) is 24.8. The van der Waals surface area contributed by atoms with Crippen LogP contribution in [-0.4, -0.2) is 54.1 Å². The highest BCUT2D eigenvalue weighted by Gasteiger charge is 2.32. The van der Waals surface area contributed by atoms with E-state index in [1.807, 2.05) is 6.07 Å². The Labute approximate surface area is 144 Å². The van der Waals surface area contributed by atoms with E-state index in [-0.39, 0.29) is 11.9 Å². The zero-order valence-corrected chi connectivity index (χ0v) is 14.9. The number of rotatable bonds is 4. The predicted molar refractivity (Wildman–Crippen MR) is 94.0 cm³/mol. The highest BCUT2D eigenvalue weighted by molar-refractivity contribution is 5.80. The summed E-state index contributed by atoms with van der Waals surface area (Å²) in [5.74, 6) is 1.62. The lowest BCUT2D eigenvalue weighted by Crippen LogP contribution is -3.19.